The Labute approximate surface area is 152 Å². The van der Waals surface area contributed by atoms with E-state index >= 15 is 0 Å². The summed E-state index contributed by atoms with van der Waals surface area (Å²) in [5, 5.41) is 17.0. The molecule has 0 saturated carbocycles. The van der Waals surface area contributed by atoms with Crippen molar-refractivity contribution in [1.82, 2.24) is 5.32 Å². The summed E-state index contributed by atoms with van der Waals surface area (Å²) in [7, 11) is 0. The zero-order chi connectivity index (χ0) is 18.0. The maximum absolute atomic E-state index is 12.2. The van der Waals surface area contributed by atoms with Crippen LogP contribution in [-0.4, -0.2) is 17.0 Å². The first-order valence-corrected chi connectivity index (χ1v) is 7.84. The van der Waals surface area contributed by atoms with Crippen molar-refractivity contribution in [3.63, 3.8) is 0 Å². The molecule has 0 unspecified atom stereocenters. The van der Waals surface area contributed by atoms with Crippen LogP contribution in [-0.2, 0) is 0 Å². The number of para-hydroxylation sites is 1. The fourth-order valence-electron chi connectivity index (χ4n) is 2.18. The van der Waals surface area contributed by atoms with Crippen LogP contribution in [0.1, 0.15) is 20.9 Å². The summed E-state index contributed by atoms with van der Waals surface area (Å²) in [6.45, 7) is 0. The van der Waals surface area contributed by atoms with Gasteiger partial charge < -0.3 is 19.6 Å². The highest BCUT2D eigenvalue weighted by atomic mass is 35.5. The number of hydrogen-bond acceptors (Lipinski definition) is 5. The van der Waals surface area contributed by atoms with Gasteiger partial charge in [0.25, 0.3) is 5.91 Å². The summed E-state index contributed by atoms with van der Waals surface area (Å²) in [5.74, 6) is -1.83. The molecule has 1 aromatic heterocycles. The maximum atomic E-state index is 12.2. The van der Waals surface area contributed by atoms with Gasteiger partial charge in [0.1, 0.15) is 5.58 Å². The summed E-state index contributed by atoms with van der Waals surface area (Å²) < 4.78 is 5.44. The van der Waals surface area contributed by atoms with E-state index in [1.807, 2.05) is 12.1 Å². The van der Waals surface area contributed by atoms with E-state index in [2.05, 4.69) is 10.6 Å². The Hall–Kier alpha value is -2.90. The lowest BCUT2D eigenvalue weighted by Gasteiger charge is -2.11. The van der Waals surface area contributed by atoms with E-state index < -0.39 is 11.9 Å². The average Bonchev–Trinajstić information content (AvgIpc) is 3.00. The molecular formula is C17H10ClN2O4S-. The lowest BCUT2D eigenvalue weighted by Crippen LogP contribution is -2.34. The Morgan fingerprint density at radius 1 is 1.12 bits per heavy atom. The van der Waals surface area contributed by atoms with E-state index in [0.29, 0.717) is 11.3 Å². The first kappa shape index (κ1) is 16.9. The molecule has 0 aliphatic heterocycles. The number of amides is 1. The Balaban J connectivity index is 1.71. The zero-order valence-corrected chi connectivity index (χ0v) is 14.1. The molecule has 1 heterocycles. The molecule has 2 N–H and O–H groups in total. The van der Waals surface area contributed by atoms with Crippen molar-refractivity contribution < 1.29 is 19.1 Å². The van der Waals surface area contributed by atoms with Crippen LogP contribution in [0.4, 0.5) is 5.69 Å². The molecule has 0 spiro atoms. The third-order valence-corrected chi connectivity index (χ3v) is 3.85. The van der Waals surface area contributed by atoms with Gasteiger partial charge in [-0.25, -0.2) is 0 Å². The minimum absolute atomic E-state index is 0.0166. The second-order valence-corrected chi connectivity index (χ2v) is 5.85. The number of carbonyl (C=O) groups excluding carboxylic acids is 2. The van der Waals surface area contributed by atoms with Gasteiger partial charge in [-0.05, 0) is 42.5 Å². The van der Waals surface area contributed by atoms with Crippen LogP contribution >= 0.6 is 23.8 Å². The molecule has 0 bridgehead atoms. The molecule has 0 aliphatic rings. The van der Waals surface area contributed by atoms with Crippen molar-refractivity contribution in [2.45, 2.75) is 0 Å². The predicted molar refractivity (Wildman–Crippen MR) is 95.7 cm³/mol. The number of benzene rings is 2. The molecule has 8 heteroatoms. The van der Waals surface area contributed by atoms with Gasteiger partial charge in [0.05, 0.1) is 5.97 Å². The summed E-state index contributed by atoms with van der Waals surface area (Å²) >= 11 is 10.8. The van der Waals surface area contributed by atoms with Crippen LogP contribution in [0, 0.1) is 0 Å². The molecule has 1 amide bonds. The number of rotatable bonds is 3. The number of thiocarbonyl (C=S) groups is 1. The fourth-order valence-corrected chi connectivity index (χ4v) is 2.59. The highest BCUT2D eigenvalue weighted by Crippen LogP contribution is 2.20. The Morgan fingerprint density at radius 2 is 1.88 bits per heavy atom. The Morgan fingerprint density at radius 3 is 2.60 bits per heavy atom. The number of halogens is 1. The van der Waals surface area contributed by atoms with Gasteiger partial charge in [-0.3, -0.25) is 10.1 Å². The molecule has 25 heavy (non-hydrogen) atoms. The van der Waals surface area contributed by atoms with Crippen molar-refractivity contribution in [2.24, 2.45) is 0 Å². The fraction of sp³-hybridized carbons (Fsp3) is 0. The molecular weight excluding hydrogens is 364 g/mol. The number of carboxylic acids is 1. The quantitative estimate of drug-likeness (QED) is 0.685. The van der Waals surface area contributed by atoms with Gasteiger partial charge in [0.15, 0.2) is 10.9 Å². The van der Waals surface area contributed by atoms with Crippen LogP contribution in [0.25, 0.3) is 11.0 Å². The number of carboxylic acid groups (broad SMARTS) is 1. The number of hydrogen-bond donors (Lipinski definition) is 2. The lowest BCUT2D eigenvalue weighted by molar-refractivity contribution is -0.255. The zero-order valence-electron chi connectivity index (χ0n) is 12.5. The largest absolute Gasteiger partial charge is 0.545 e. The molecule has 0 fully saturated rings. The highest BCUT2D eigenvalue weighted by molar-refractivity contribution is 7.80. The summed E-state index contributed by atoms with van der Waals surface area (Å²) in [5.41, 5.74) is 0.749. The van der Waals surface area contributed by atoms with Crippen molar-refractivity contribution in [2.75, 3.05) is 5.32 Å². The smallest absolute Gasteiger partial charge is 0.293 e. The Kier molecular flexibility index (Phi) is 4.69. The van der Waals surface area contributed by atoms with E-state index in [-0.39, 0.29) is 21.5 Å². The summed E-state index contributed by atoms with van der Waals surface area (Å²) in [4.78, 5) is 23.2. The van der Waals surface area contributed by atoms with E-state index in [9.17, 15) is 14.7 Å². The van der Waals surface area contributed by atoms with Gasteiger partial charge >= 0.3 is 0 Å². The van der Waals surface area contributed by atoms with Crippen LogP contribution in [0.15, 0.2) is 52.9 Å². The molecule has 0 radical (unpaired) electrons. The molecule has 6 nitrogen and oxygen atoms in total. The van der Waals surface area contributed by atoms with Crippen LogP contribution in [0.5, 0.6) is 0 Å². The van der Waals surface area contributed by atoms with Crippen molar-refractivity contribution in [1.29, 1.82) is 0 Å². The molecule has 3 aromatic rings. The molecule has 126 valence electrons. The van der Waals surface area contributed by atoms with Gasteiger partial charge in [-0.1, -0.05) is 29.8 Å². The topological polar surface area (TPSA) is 94.4 Å². The third-order valence-electron chi connectivity index (χ3n) is 3.32. The van der Waals surface area contributed by atoms with E-state index in [1.165, 1.54) is 18.2 Å². The normalized spacial score (nSPS) is 10.4. The molecule has 0 saturated heterocycles. The number of carbonyl (C=O) groups is 2. The molecule has 2 aromatic carbocycles. The van der Waals surface area contributed by atoms with Crippen LogP contribution in [0.2, 0.25) is 5.02 Å². The average molecular weight is 374 g/mol. The number of furan rings is 1. The first-order chi connectivity index (χ1) is 11.9. The molecule has 0 aliphatic carbocycles. The minimum Gasteiger partial charge on any atom is -0.545 e. The first-order valence-electron chi connectivity index (χ1n) is 7.06. The number of aromatic carboxylic acids is 1. The standard InChI is InChI=1S/C17H11ClN2O4S/c18-12-6-5-10(8-11(12)16(22)23)19-17(25)20-15(21)14-7-9-3-1-2-4-13(9)24-14/h1-8H,(H,22,23)(H2,19,20,21,25)/p-1. The van der Waals surface area contributed by atoms with Crippen LogP contribution < -0.4 is 15.7 Å². The molecule has 0 atom stereocenters. The van der Waals surface area contributed by atoms with E-state index in [0.717, 1.165) is 5.39 Å². The van der Waals surface area contributed by atoms with E-state index in [1.54, 1.807) is 18.2 Å². The molecule has 3 rings (SSSR count). The highest BCUT2D eigenvalue weighted by Gasteiger charge is 2.14. The number of nitrogens with one attached hydrogen (secondary N) is 2. The SMILES string of the molecule is O=C(NC(=S)Nc1ccc(Cl)c(C(=O)[O-])c1)c1cc2ccccc2o1. The second kappa shape index (κ2) is 6.92. The third kappa shape index (κ3) is 3.78. The summed E-state index contributed by atoms with van der Waals surface area (Å²) in [6.07, 6.45) is 0. The lowest BCUT2D eigenvalue weighted by atomic mass is 10.2. The monoisotopic (exact) mass is 373 g/mol. The van der Waals surface area contributed by atoms with Crippen molar-refractivity contribution in [3.8, 4) is 0 Å². The predicted octanol–water partition coefficient (Wildman–Crippen LogP) is 2.58. The van der Waals surface area contributed by atoms with E-state index in [4.69, 9.17) is 28.2 Å². The summed E-state index contributed by atoms with van der Waals surface area (Å²) in [6, 6.07) is 13.0. The van der Waals surface area contributed by atoms with Gasteiger partial charge in [0, 0.05) is 21.7 Å². The minimum atomic E-state index is -1.41. The number of anilines is 1. The van der Waals surface area contributed by atoms with Crippen molar-refractivity contribution in [3.05, 3.63) is 64.9 Å². The second-order valence-electron chi connectivity index (χ2n) is 5.04. The van der Waals surface area contributed by atoms with Crippen molar-refractivity contribution >= 4 is 57.5 Å². The van der Waals surface area contributed by atoms with Gasteiger partial charge in [0.2, 0.25) is 0 Å². The maximum Gasteiger partial charge on any atom is 0.293 e. The van der Waals surface area contributed by atoms with Crippen LogP contribution in [0.3, 0.4) is 0 Å². The Bertz CT molecular complexity index is 966. The van der Waals surface area contributed by atoms with Gasteiger partial charge in [-0.2, -0.15) is 0 Å². The van der Waals surface area contributed by atoms with Gasteiger partial charge in [-0.15, -0.1) is 0 Å². The number of fused-ring (bicyclic) bond motifs is 1.